The number of aliphatic hydroxyl groups excluding tert-OH is 2. The van der Waals surface area contributed by atoms with Crippen molar-refractivity contribution in [2.75, 3.05) is 0 Å². The Bertz CT molecular complexity index is 182. The van der Waals surface area contributed by atoms with Gasteiger partial charge in [-0.05, 0) is 25.7 Å². The fraction of sp³-hybridized carbons (Fsp3) is 1.00. The molecule has 0 radical (unpaired) electrons. The van der Waals surface area contributed by atoms with Crippen molar-refractivity contribution >= 4 is 0 Å². The van der Waals surface area contributed by atoms with Gasteiger partial charge >= 0.3 is 0 Å². The first-order valence-corrected chi connectivity index (χ1v) is 9.06. The van der Waals surface area contributed by atoms with Gasteiger partial charge in [0.2, 0.25) is 0 Å². The van der Waals surface area contributed by atoms with Crippen molar-refractivity contribution in [3.63, 3.8) is 0 Å². The molecule has 2 unspecified atom stereocenters. The highest BCUT2D eigenvalue weighted by molar-refractivity contribution is 4.56. The molecule has 0 fully saturated rings. The number of aliphatic hydroxyl groups is 2. The number of hydrogen-bond acceptors (Lipinski definition) is 2. The summed E-state index contributed by atoms with van der Waals surface area (Å²) >= 11 is 0. The smallest absolute Gasteiger partial charge is 0.0540 e. The van der Waals surface area contributed by atoms with Gasteiger partial charge in [0.25, 0.3) is 0 Å². The van der Waals surface area contributed by atoms with E-state index in [4.69, 9.17) is 0 Å². The van der Waals surface area contributed by atoms with Crippen LogP contribution in [-0.2, 0) is 0 Å². The minimum Gasteiger partial charge on any atom is -0.393 e. The Morgan fingerprint density at radius 1 is 0.550 bits per heavy atom. The SMILES string of the molecule is CCCC(O)CCCCCCCCCCCC(O)CC. The van der Waals surface area contributed by atoms with Gasteiger partial charge in [-0.15, -0.1) is 0 Å². The Morgan fingerprint density at radius 3 is 1.35 bits per heavy atom. The molecule has 0 rings (SSSR count). The average molecular weight is 286 g/mol. The van der Waals surface area contributed by atoms with E-state index >= 15 is 0 Å². The predicted molar refractivity (Wildman–Crippen MR) is 88.0 cm³/mol. The van der Waals surface area contributed by atoms with E-state index in [0.29, 0.717) is 0 Å². The summed E-state index contributed by atoms with van der Waals surface area (Å²) < 4.78 is 0. The summed E-state index contributed by atoms with van der Waals surface area (Å²) in [7, 11) is 0. The quantitative estimate of drug-likeness (QED) is 0.406. The van der Waals surface area contributed by atoms with Gasteiger partial charge < -0.3 is 10.2 Å². The molecule has 0 saturated carbocycles. The van der Waals surface area contributed by atoms with Crippen LogP contribution in [0.3, 0.4) is 0 Å². The minimum atomic E-state index is -0.0712. The van der Waals surface area contributed by atoms with Crippen LogP contribution in [0.4, 0.5) is 0 Å². The van der Waals surface area contributed by atoms with Crippen LogP contribution in [0.15, 0.2) is 0 Å². The van der Waals surface area contributed by atoms with Gasteiger partial charge in [0.1, 0.15) is 0 Å². The molecule has 0 aliphatic rings. The first kappa shape index (κ1) is 19.9. The average Bonchev–Trinajstić information content (AvgIpc) is 2.44. The predicted octanol–water partition coefficient (Wildman–Crippen LogP) is 5.21. The molecule has 0 spiro atoms. The summed E-state index contributed by atoms with van der Waals surface area (Å²) in [6, 6.07) is 0. The van der Waals surface area contributed by atoms with E-state index in [2.05, 4.69) is 6.92 Å². The zero-order chi connectivity index (χ0) is 15.1. The topological polar surface area (TPSA) is 40.5 Å². The van der Waals surface area contributed by atoms with E-state index in [1.807, 2.05) is 6.92 Å². The van der Waals surface area contributed by atoms with Crippen LogP contribution >= 0.6 is 0 Å². The molecule has 0 aliphatic heterocycles. The van der Waals surface area contributed by atoms with Gasteiger partial charge in [-0.25, -0.2) is 0 Å². The van der Waals surface area contributed by atoms with Crippen molar-refractivity contribution in [1.82, 2.24) is 0 Å². The van der Waals surface area contributed by atoms with Crippen molar-refractivity contribution in [2.45, 2.75) is 116 Å². The van der Waals surface area contributed by atoms with Crippen LogP contribution in [-0.4, -0.2) is 22.4 Å². The third-order valence-electron chi connectivity index (χ3n) is 4.17. The highest BCUT2D eigenvalue weighted by Crippen LogP contribution is 2.14. The second-order valence-corrected chi connectivity index (χ2v) is 6.26. The monoisotopic (exact) mass is 286 g/mol. The molecule has 2 heteroatoms. The molecule has 0 amide bonds. The van der Waals surface area contributed by atoms with Crippen LogP contribution in [0.2, 0.25) is 0 Å². The molecule has 0 heterocycles. The van der Waals surface area contributed by atoms with Crippen LogP contribution in [0.1, 0.15) is 104 Å². The van der Waals surface area contributed by atoms with E-state index in [-0.39, 0.29) is 12.2 Å². The number of rotatable bonds is 15. The summed E-state index contributed by atoms with van der Waals surface area (Å²) in [4.78, 5) is 0. The van der Waals surface area contributed by atoms with Gasteiger partial charge in [-0.2, -0.15) is 0 Å². The van der Waals surface area contributed by atoms with Crippen molar-refractivity contribution in [3.8, 4) is 0 Å². The van der Waals surface area contributed by atoms with Gasteiger partial charge in [0, 0.05) is 0 Å². The van der Waals surface area contributed by atoms with Gasteiger partial charge in [-0.1, -0.05) is 78.1 Å². The maximum absolute atomic E-state index is 9.61. The fourth-order valence-electron chi connectivity index (χ4n) is 2.68. The second-order valence-electron chi connectivity index (χ2n) is 6.26. The molecular formula is C18H38O2. The Labute approximate surface area is 127 Å². The van der Waals surface area contributed by atoms with Crippen molar-refractivity contribution in [3.05, 3.63) is 0 Å². The summed E-state index contributed by atoms with van der Waals surface area (Å²) in [5, 5.41) is 19.0. The second kappa shape index (κ2) is 15.3. The molecule has 0 aromatic carbocycles. The van der Waals surface area contributed by atoms with Gasteiger partial charge in [0.15, 0.2) is 0 Å². The molecule has 0 aromatic heterocycles. The van der Waals surface area contributed by atoms with Crippen LogP contribution in [0.25, 0.3) is 0 Å². The van der Waals surface area contributed by atoms with Gasteiger partial charge in [0.05, 0.1) is 12.2 Å². The van der Waals surface area contributed by atoms with Crippen LogP contribution < -0.4 is 0 Å². The molecule has 0 aromatic rings. The lowest BCUT2D eigenvalue weighted by atomic mass is 10.0. The summed E-state index contributed by atoms with van der Waals surface area (Å²) in [5.74, 6) is 0. The highest BCUT2D eigenvalue weighted by atomic mass is 16.3. The molecule has 2 N–H and O–H groups in total. The van der Waals surface area contributed by atoms with Crippen LogP contribution in [0, 0.1) is 0 Å². The first-order valence-electron chi connectivity index (χ1n) is 9.06. The van der Waals surface area contributed by atoms with Crippen LogP contribution in [0.5, 0.6) is 0 Å². The van der Waals surface area contributed by atoms with Crippen molar-refractivity contribution in [1.29, 1.82) is 0 Å². The first-order chi connectivity index (χ1) is 9.70. The summed E-state index contributed by atoms with van der Waals surface area (Å²) in [6.07, 6.45) is 16.4. The van der Waals surface area contributed by atoms with Gasteiger partial charge in [-0.3, -0.25) is 0 Å². The van der Waals surface area contributed by atoms with Crippen molar-refractivity contribution in [2.24, 2.45) is 0 Å². The molecule has 2 atom stereocenters. The maximum Gasteiger partial charge on any atom is 0.0540 e. The minimum absolute atomic E-state index is 0.0570. The third-order valence-corrected chi connectivity index (χ3v) is 4.17. The number of unbranched alkanes of at least 4 members (excludes halogenated alkanes) is 8. The Balaban J connectivity index is 3.06. The Kier molecular flexibility index (Phi) is 15.3. The standard InChI is InChI=1S/C18H38O2/c1-3-14-18(20)16-13-11-9-7-5-6-8-10-12-15-17(19)4-2/h17-20H,3-16H2,1-2H3. The summed E-state index contributed by atoms with van der Waals surface area (Å²) in [5.41, 5.74) is 0. The normalized spacial score (nSPS) is 14.4. The molecule has 122 valence electrons. The lowest BCUT2D eigenvalue weighted by molar-refractivity contribution is 0.150. The van der Waals surface area contributed by atoms with E-state index in [9.17, 15) is 10.2 Å². The van der Waals surface area contributed by atoms with Crippen molar-refractivity contribution < 1.29 is 10.2 Å². The number of hydrogen-bond donors (Lipinski definition) is 2. The molecular weight excluding hydrogens is 248 g/mol. The highest BCUT2D eigenvalue weighted by Gasteiger charge is 2.02. The van der Waals surface area contributed by atoms with E-state index in [1.54, 1.807) is 0 Å². The fourth-order valence-corrected chi connectivity index (χ4v) is 2.68. The lowest BCUT2D eigenvalue weighted by Crippen LogP contribution is -2.04. The Hall–Kier alpha value is -0.0800. The zero-order valence-electron chi connectivity index (χ0n) is 13.9. The Morgan fingerprint density at radius 2 is 0.950 bits per heavy atom. The third kappa shape index (κ3) is 14.3. The molecule has 0 bridgehead atoms. The maximum atomic E-state index is 9.61. The molecule has 0 aliphatic carbocycles. The largest absolute Gasteiger partial charge is 0.393 e. The summed E-state index contributed by atoms with van der Waals surface area (Å²) in [6.45, 7) is 4.18. The van der Waals surface area contributed by atoms with E-state index in [0.717, 1.165) is 32.1 Å². The lowest BCUT2D eigenvalue weighted by Gasteiger charge is -2.08. The molecule has 0 saturated heterocycles. The molecule has 20 heavy (non-hydrogen) atoms. The molecule has 2 nitrogen and oxygen atoms in total. The van der Waals surface area contributed by atoms with E-state index < -0.39 is 0 Å². The zero-order valence-corrected chi connectivity index (χ0v) is 13.9. The van der Waals surface area contributed by atoms with E-state index in [1.165, 1.54) is 57.8 Å².